The van der Waals surface area contributed by atoms with Crippen LogP contribution < -0.4 is 5.32 Å². The van der Waals surface area contributed by atoms with Crippen molar-refractivity contribution in [3.8, 4) is 0 Å². The van der Waals surface area contributed by atoms with Gasteiger partial charge in [0.1, 0.15) is 18.7 Å². The minimum Gasteiger partial charge on any atom is -0.396 e. The number of fused-ring (bicyclic) bond motifs is 1. The first-order chi connectivity index (χ1) is 15.2. The van der Waals surface area contributed by atoms with Crippen LogP contribution in [0.4, 0.5) is 5.82 Å². The lowest BCUT2D eigenvalue weighted by molar-refractivity contribution is -0.116. The van der Waals surface area contributed by atoms with Crippen LogP contribution in [0.2, 0.25) is 0 Å². The van der Waals surface area contributed by atoms with Crippen molar-refractivity contribution in [1.29, 1.82) is 0 Å². The first-order valence-electron chi connectivity index (χ1n) is 10.4. The minimum atomic E-state index is -3.30. The molecule has 0 saturated carbocycles. The lowest BCUT2D eigenvalue weighted by atomic mass is 9.83. The van der Waals surface area contributed by atoms with E-state index in [2.05, 4.69) is 20.3 Å². The van der Waals surface area contributed by atoms with Gasteiger partial charge in [-0.25, -0.2) is 15.0 Å². The van der Waals surface area contributed by atoms with Gasteiger partial charge in [-0.15, -0.1) is 0 Å². The molecule has 3 heterocycles. The fourth-order valence-corrected chi connectivity index (χ4v) is 4.63. The number of imidazole rings is 1. The number of nitrogens with zero attached hydrogens (tertiary/aromatic N) is 4. The lowest BCUT2D eigenvalue weighted by Crippen LogP contribution is -2.41. The zero-order chi connectivity index (χ0) is 23.5. The highest BCUT2D eigenvalue weighted by Crippen LogP contribution is 2.49. The second kappa shape index (κ2) is 9.90. The van der Waals surface area contributed by atoms with Crippen LogP contribution in [-0.2, 0) is 23.1 Å². The molecule has 1 amide bonds. The van der Waals surface area contributed by atoms with E-state index in [1.54, 1.807) is 18.4 Å². The molecule has 12 nitrogen and oxygen atoms in total. The van der Waals surface area contributed by atoms with Gasteiger partial charge in [0.15, 0.2) is 17.0 Å². The van der Waals surface area contributed by atoms with E-state index in [0.717, 1.165) is 0 Å². The van der Waals surface area contributed by atoms with Crippen molar-refractivity contribution in [2.45, 2.75) is 52.0 Å². The van der Waals surface area contributed by atoms with E-state index in [0.29, 0.717) is 24.0 Å². The average Bonchev–Trinajstić information content (AvgIpc) is 3.27. The number of nitrogens with one attached hydrogen (secondary N) is 1. The van der Waals surface area contributed by atoms with Gasteiger partial charge < -0.3 is 29.3 Å². The van der Waals surface area contributed by atoms with Crippen molar-refractivity contribution in [2.75, 3.05) is 31.8 Å². The Morgan fingerprint density at radius 3 is 2.75 bits per heavy atom. The van der Waals surface area contributed by atoms with Crippen LogP contribution in [0.5, 0.6) is 0 Å². The SMILES string of the molecule is CCCC(=O)Nc1ncnc2c1ncn2[C@@H]1O[C@H](COP(C)(=O)OCC)C(O)[C@]1(C)CO. The smallest absolute Gasteiger partial charge is 0.327 e. The Balaban J connectivity index is 1.89. The predicted octanol–water partition coefficient (Wildman–Crippen LogP) is 1.70. The molecule has 0 aliphatic carbocycles. The van der Waals surface area contributed by atoms with Crippen LogP contribution >= 0.6 is 7.60 Å². The molecule has 3 N–H and O–H groups in total. The van der Waals surface area contributed by atoms with Crippen molar-refractivity contribution in [1.82, 2.24) is 19.5 Å². The van der Waals surface area contributed by atoms with Crippen molar-refractivity contribution < 1.29 is 33.4 Å². The third-order valence-electron chi connectivity index (χ3n) is 5.42. The zero-order valence-electron chi connectivity index (χ0n) is 18.6. The summed E-state index contributed by atoms with van der Waals surface area (Å²) in [7, 11) is -3.30. The summed E-state index contributed by atoms with van der Waals surface area (Å²) in [5, 5.41) is 23.7. The number of carbonyl (C=O) groups excluding carboxylic acids is 1. The van der Waals surface area contributed by atoms with Crippen LogP contribution in [0, 0.1) is 5.41 Å². The number of aromatic nitrogens is 4. The standard InChI is InChI=1S/C19H30N5O7P/c1-5-7-13(26)23-16-14-17(21-10-20-16)24(11-22-14)18-19(3,9-25)15(27)12(31-18)8-30-32(4,28)29-6-2/h10-12,15,18,25,27H,5-9H2,1-4H3,(H,20,21,23,26)/t12-,15?,18-,19+,32?/m1/s1. The van der Waals surface area contributed by atoms with Gasteiger partial charge in [-0.1, -0.05) is 13.8 Å². The number of hydrogen-bond acceptors (Lipinski definition) is 10. The Bertz CT molecular complexity index is 1000. The number of aliphatic hydroxyl groups excluding tert-OH is 2. The third kappa shape index (κ3) is 4.85. The number of rotatable bonds is 10. The van der Waals surface area contributed by atoms with E-state index in [1.807, 2.05) is 6.92 Å². The molecular weight excluding hydrogens is 441 g/mol. The van der Waals surface area contributed by atoms with E-state index in [4.69, 9.17) is 13.8 Å². The van der Waals surface area contributed by atoms with Gasteiger partial charge in [0.2, 0.25) is 5.91 Å². The zero-order valence-corrected chi connectivity index (χ0v) is 19.5. The Labute approximate surface area is 185 Å². The van der Waals surface area contributed by atoms with Crippen molar-refractivity contribution in [2.24, 2.45) is 5.41 Å². The molecule has 2 unspecified atom stereocenters. The Morgan fingerprint density at radius 1 is 1.34 bits per heavy atom. The monoisotopic (exact) mass is 471 g/mol. The minimum absolute atomic E-state index is 0.190. The maximum atomic E-state index is 12.3. The molecule has 0 radical (unpaired) electrons. The highest BCUT2D eigenvalue weighted by Gasteiger charge is 2.54. The molecule has 0 aromatic carbocycles. The first kappa shape index (κ1) is 24.7. The molecule has 1 aliphatic rings. The Kier molecular flexibility index (Phi) is 7.64. The largest absolute Gasteiger partial charge is 0.396 e. The number of aliphatic hydroxyl groups is 2. The number of carbonyl (C=O) groups is 1. The average molecular weight is 471 g/mol. The molecule has 2 aromatic heterocycles. The normalized spacial score (nSPS) is 27.5. The molecule has 2 aromatic rings. The van der Waals surface area contributed by atoms with Crippen molar-refractivity contribution in [3.05, 3.63) is 12.7 Å². The van der Waals surface area contributed by atoms with Gasteiger partial charge in [0.25, 0.3) is 0 Å². The topological polar surface area (TPSA) is 158 Å². The van der Waals surface area contributed by atoms with Crippen LogP contribution in [0.25, 0.3) is 11.2 Å². The quantitative estimate of drug-likeness (QED) is 0.436. The Morgan fingerprint density at radius 2 is 2.09 bits per heavy atom. The van der Waals surface area contributed by atoms with Crippen LogP contribution in [0.1, 0.15) is 39.8 Å². The molecule has 3 rings (SSSR count). The molecule has 1 aliphatic heterocycles. The summed E-state index contributed by atoms with van der Waals surface area (Å²) in [5.41, 5.74) is -0.424. The number of amides is 1. The molecule has 178 valence electrons. The summed E-state index contributed by atoms with van der Waals surface area (Å²) in [6.45, 7) is 6.22. The van der Waals surface area contributed by atoms with E-state index in [1.165, 1.54) is 19.3 Å². The summed E-state index contributed by atoms with van der Waals surface area (Å²) in [5.74, 6) is 0.0743. The van der Waals surface area contributed by atoms with Gasteiger partial charge in [-0.05, 0) is 13.3 Å². The van der Waals surface area contributed by atoms with Crippen LogP contribution in [0.15, 0.2) is 12.7 Å². The maximum Gasteiger partial charge on any atom is 0.327 e. The summed E-state index contributed by atoms with van der Waals surface area (Å²) >= 11 is 0. The fraction of sp³-hybridized carbons (Fsp3) is 0.684. The van der Waals surface area contributed by atoms with Crippen LogP contribution in [-0.4, -0.2) is 74.3 Å². The molecule has 0 spiro atoms. The summed E-state index contributed by atoms with van der Waals surface area (Å²) in [4.78, 5) is 24.7. The third-order valence-corrected chi connectivity index (χ3v) is 6.76. The molecule has 1 fully saturated rings. The van der Waals surface area contributed by atoms with Crippen LogP contribution in [0.3, 0.4) is 0 Å². The lowest BCUT2D eigenvalue weighted by Gasteiger charge is -2.31. The van der Waals surface area contributed by atoms with Gasteiger partial charge in [0, 0.05) is 13.1 Å². The summed E-state index contributed by atoms with van der Waals surface area (Å²) < 4.78 is 30.3. The Hall–Kier alpha value is -1.95. The molecule has 13 heteroatoms. The fourth-order valence-electron chi connectivity index (χ4n) is 3.67. The second-order valence-corrected chi connectivity index (χ2v) is 10.0. The highest BCUT2D eigenvalue weighted by molar-refractivity contribution is 7.52. The predicted molar refractivity (Wildman–Crippen MR) is 115 cm³/mol. The van der Waals surface area contributed by atoms with Gasteiger partial charge >= 0.3 is 7.60 Å². The van der Waals surface area contributed by atoms with E-state index in [-0.39, 0.29) is 24.9 Å². The molecule has 32 heavy (non-hydrogen) atoms. The number of hydrogen-bond donors (Lipinski definition) is 3. The second-order valence-electron chi connectivity index (χ2n) is 7.97. The van der Waals surface area contributed by atoms with E-state index in [9.17, 15) is 19.6 Å². The first-order valence-corrected chi connectivity index (χ1v) is 12.4. The molecular formula is C19H30N5O7P. The van der Waals surface area contributed by atoms with E-state index >= 15 is 0 Å². The van der Waals surface area contributed by atoms with Gasteiger partial charge in [0.05, 0.1) is 37.7 Å². The van der Waals surface area contributed by atoms with Crippen molar-refractivity contribution >= 4 is 30.5 Å². The van der Waals surface area contributed by atoms with E-state index < -0.39 is 38.1 Å². The summed E-state index contributed by atoms with van der Waals surface area (Å²) in [6.07, 6.45) is 0.898. The molecule has 1 saturated heterocycles. The number of anilines is 1. The molecule has 0 bridgehead atoms. The maximum absolute atomic E-state index is 12.3. The highest BCUT2D eigenvalue weighted by atomic mass is 31.2. The number of ether oxygens (including phenoxy) is 1. The van der Waals surface area contributed by atoms with Gasteiger partial charge in [-0.3, -0.25) is 13.9 Å². The van der Waals surface area contributed by atoms with Crippen molar-refractivity contribution in [3.63, 3.8) is 0 Å². The van der Waals surface area contributed by atoms with Gasteiger partial charge in [-0.2, -0.15) is 0 Å². The molecule has 5 atom stereocenters. The summed E-state index contributed by atoms with van der Waals surface area (Å²) in [6, 6.07) is 0.